The van der Waals surface area contributed by atoms with Crippen LogP contribution in [0.3, 0.4) is 0 Å². The molecule has 1 saturated carbocycles. The lowest BCUT2D eigenvalue weighted by atomic mass is 10.0. The van der Waals surface area contributed by atoms with Gasteiger partial charge in [0, 0.05) is 18.2 Å². The van der Waals surface area contributed by atoms with Gasteiger partial charge in [-0.1, -0.05) is 23.4 Å². The molecule has 2 unspecified atom stereocenters. The summed E-state index contributed by atoms with van der Waals surface area (Å²) in [5.41, 5.74) is 1.14. The molecule has 4 rings (SSSR count). The minimum atomic E-state index is -0.294. The number of carbonyl (C=O) groups is 2. The van der Waals surface area contributed by atoms with Gasteiger partial charge in [-0.25, -0.2) is 0 Å². The van der Waals surface area contributed by atoms with E-state index < -0.39 is 0 Å². The summed E-state index contributed by atoms with van der Waals surface area (Å²) in [6.45, 7) is 0. The molecule has 2 heterocycles. The summed E-state index contributed by atoms with van der Waals surface area (Å²) >= 11 is 0. The number of rotatable bonds is 4. The van der Waals surface area contributed by atoms with Gasteiger partial charge in [0.2, 0.25) is 5.91 Å². The number of nitrogens with zero attached hydrogens (tertiary/aromatic N) is 2. The number of anilines is 1. The lowest BCUT2D eigenvalue weighted by Crippen LogP contribution is -2.46. The largest absolute Gasteiger partial charge is 0.364 e. The molecular weight excluding hydrogens is 294 g/mol. The van der Waals surface area contributed by atoms with Crippen molar-refractivity contribution in [3.8, 4) is 0 Å². The molecule has 118 valence electrons. The van der Waals surface area contributed by atoms with Gasteiger partial charge in [-0.15, -0.1) is 0 Å². The Morgan fingerprint density at radius 1 is 1.22 bits per heavy atom. The van der Waals surface area contributed by atoms with E-state index in [-0.39, 0.29) is 29.6 Å². The Labute approximate surface area is 133 Å². The molecule has 0 bridgehead atoms. The van der Waals surface area contributed by atoms with E-state index >= 15 is 0 Å². The van der Waals surface area contributed by atoms with Crippen molar-refractivity contribution in [1.82, 2.24) is 10.5 Å². The second-order valence-electron chi connectivity index (χ2n) is 6.10. The predicted molar refractivity (Wildman–Crippen MR) is 82.8 cm³/mol. The maximum Gasteiger partial charge on any atom is 0.273 e. The number of carbonyl (C=O) groups excluding carboxylic acids is 2. The standard InChI is InChI=1S/C17H17N3O3/c21-15-10-14(18-17(22)13-8-9-23-19-13)16(11-6-7-11)20(15)12-4-2-1-3-5-12/h1-5,8-9,11,14,16H,6-7,10H2,(H,18,22). The highest BCUT2D eigenvalue weighted by molar-refractivity contribution is 5.99. The number of nitrogens with one attached hydrogen (secondary N) is 1. The van der Waals surface area contributed by atoms with Crippen molar-refractivity contribution in [2.24, 2.45) is 5.92 Å². The molecule has 6 nitrogen and oxygen atoms in total. The number of benzene rings is 1. The third kappa shape index (κ3) is 2.60. The predicted octanol–water partition coefficient (Wildman–Crippen LogP) is 1.99. The summed E-state index contributed by atoms with van der Waals surface area (Å²) in [6, 6.07) is 11.0. The van der Waals surface area contributed by atoms with Crippen LogP contribution in [0.25, 0.3) is 0 Å². The van der Waals surface area contributed by atoms with Gasteiger partial charge in [0.25, 0.3) is 5.91 Å². The van der Waals surface area contributed by atoms with E-state index in [2.05, 4.69) is 10.5 Å². The van der Waals surface area contributed by atoms with Gasteiger partial charge in [-0.2, -0.15) is 0 Å². The van der Waals surface area contributed by atoms with Crippen LogP contribution in [0.1, 0.15) is 29.8 Å². The highest BCUT2D eigenvalue weighted by atomic mass is 16.5. The number of hydrogen-bond donors (Lipinski definition) is 1. The summed E-state index contributed by atoms with van der Waals surface area (Å²) in [5.74, 6) is 0.208. The molecule has 0 spiro atoms. The highest BCUT2D eigenvalue weighted by Crippen LogP contribution is 2.42. The van der Waals surface area contributed by atoms with Crippen LogP contribution >= 0.6 is 0 Å². The zero-order valence-electron chi connectivity index (χ0n) is 12.5. The second kappa shape index (κ2) is 5.53. The molecule has 1 aromatic heterocycles. The van der Waals surface area contributed by atoms with Crippen molar-refractivity contribution < 1.29 is 14.1 Å². The fraction of sp³-hybridized carbons (Fsp3) is 0.353. The van der Waals surface area contributed by atoms with Crippen molar-refractivity contribution in [1.29, 1.82) is 0 Å². The summed E-state index contributed by atoms with van der Waals surface area (Å²) in [5, 5.41) is 6.61. The monoisotopic (exact) mass is 311 g/mol. The topological polar surface area (TPSA) is 75.4 Å². The first-order valence-electron chi connectivity index (χ1n) is 7.82. The van der Waals surface area contributed by atoms with E-state index in [1.165, 1.54) is 12.3 Å². The smallest absolute Gasteiger partial charge is 0.273 e. The Hall–Kier alpha value is -2.63. The third-order valence-corrected chi connectivity index (χ3v) is 4.50. The van der Waals surface area contributed by atoms with Crippen molar-refractivity contribution in [3.05, 3.63) is 48.4 Å². The number of aromatic nitrogens is 1. The second-order valence-corrected chi connectivity index (χ2v) is 6.10. The molecule has 1 aromatic carbocycles. The van der Waals surface area contributed by atoms with E-state index in [0.717, 1.165) is 18.5 Å². The lowest BCUT2D eigenvalue weighted by molar-refractivity contribution is -0.117. The fourth-order valence-corrected chi connectivity index (χ4v) is 3.34. The van der Waals surface area contributed by atoms with Gasteiger partial charge >= 0.3 is 0 Å². The van der Waals surface area contributed by atoms with Gasteiger partial charge in [-0.05, 0) is 30.9 Å². The normalized spacial score (nSPS) is 24.0. The highest BCUT2D eigenvalue weighted by Gasteiger charge is 2.49. The SMILES string of the molecule is O=C(NC1CC(=O)N(c2ccccc2)C1C1CC1)c1ccon1. The lowest BCUT2D eigenvalue weighted by Gasteiger charge is -2.28. The zero-order valence-corrected chi connectivity index (χ0v) is 12.5. The van der Waals surface area contributed by atoms with Crippen LogP contribution in [0, 0.1) is 5.92 Å². The van der Waals surface area contributed by atoms with Gasteiger partial charge < -0.3 is 14.7 Å². The molecular formula is C17H17N3O3. The first-order valence-corrected chi connectivity index (χ1v) is 7.82. The Balaban J connectivity index is 1.58. The molecule has 2 fully saturated rings. The van der Waals surface area contributed by atoms with Crippen LogP contribution in [0.4, 0.5) is 5.69 Å². The number of amides is 2. The third-order valence-electron chi connectivity index (χ3n) is 4.50. The van der Waals surface area contributed by atoms with Gasteiger partial charge in [0.05, 0.1) is 12.1 Å². The molecule has 2 aromatic rings. The van der Waals surface area contributed by atoms with Gasteiger partial charge in [-0.3, -0.25) is 9.59 Å². The molecule has 6 heteroatoms. The van der Waals surface area contributed by atoms with E-state index in [1.54, 1.807) is 0 Å². The average Bonchev–Trinajstić information content (AvgIpc) is 3.13. The molecule has 2 amide bonds. The van der Waals surface area contributed by atoms with Crippen LogP contribution < -0.4 is 10.2 Å². The summed E-state index contributed by atoms with van der Waals surface area (Å²) in [6.07, 6.45) is 3.87. The molecule has 1 saturated heterocycles. The Morgan fingerprint density at radius 2 is 2.00 bits per heavy atom. The van der Waals surface area contributed by atoms with Crippen molar-refractivity contribution >= 4 is 17.5 Å². The Bertz CT molecular complexity index is 710. The van der Waals surface area contributed by atoms with Crippen LogP contribution in [0.15, 0.2) is 47.2 Å². The Morgan fingerprint density at radius 3 is 2.65 bits per heavy atom. The number of para-hydroxylation sites is 1. The summed E-state index contributed by atoms with van der Waals surface area (Å²) in [4.78, 5) is 26.6. The fourth-order valence-electron chi connectivity index (χ4n) is 3.34. The first-order chi connectivity index (χ1) is 11.2. The zero-order chi connectivity index (χ0) is 15.8. The van der Waals surface area contributed by atoms with E-state index in [1.807, 2.05) is 35.2 Å². The van der Waals surface area contributed by atoms with Crippen molar-refractivity contribution in [3.63, 3.8) is 0 Å². The molecule has 2 aliphatic rings. The van der Waals surface area contributed by atoms with Gasteiger partial charge in [0.1, 0.15) is 6.26 Å². The van der Waals surface area contributed by atoms with Gasteiger partial charge in [0.15, 0.2) is 5.69 Å². The minimum Gasteiger partial charge on any atom is -0.364 e. The van der Waals surface area contributed by atoms with E-state index in [4.69, 9.17) is 4.52 Å². The number of hydrogen-bond acceptors (Lipinski definition) is 4. The summed E-state index contributed by atoms with van der Waals surface area (Å²) in [7, 11) is 0. The molecule has 1 N–H and O–H groups in total. The maximum atomic E-state index is 12.5. The molecule has 23 heavy (non-hydrogen) atoms. The van der Waals surface area contributed by atoms with Crippen molar-refractivity contribution in [2.75, 3.05) is 4.90 Å². The van der Waals surface area contributed by atoms with Crippen LogP contribution in [0.2, 0.25) is 0 Å². The van der Waals surface area contributed by atoms with Crippen LogP contribution in [-0.2, 0) is 4.79 Å². The summed E-state index contributed by atoms with van der Waals surface area (Å²) < 4.78 is 4.71. The Kier molecular flexibility index (Phi) is 3.37. The first kappa shape index (κ1) is 14.0. The van der Waals surface area contributed by atoms with Crippen molar-refractivity contribution in [2.45, 2.75) is 31.3 Å². The molecule has 1 aliphatic carbocycles. The molecule has 0 radical (unpaired) electrons. The van der Waals surface area contributed by atoms with E-state index in [0.29, 0.717) is 12.3 Å². The molecule has 1 aliphatic heterocycles. The molecule has 2 atom stereocenters. The average molecular weight is 311 g/mol. The minimum absolute atomic E-state index is 0.0146. The van der Waals surface area contributed by atoms with E-state index in [9.17, 15) is 9.59 Å². The van der Waals surface area contributed by atoms with Crippen LogP contribution in [0.5, 0.6) is 0 Å². The quantitative estimate of drug-likeness (QED) is 0.937. The maximum absolute atomic E-state index is 12.5. The van der Waals surface area contributed by atoms with Crippen LogP contribution in [-0.4, -0.2) is 29.1 Å².